The fourth-order valence-corrected chi connectivity index (χ4v) is 2.91. The lowest BCUT2D eigenvalue weighted by atomic mass is 9.89. The van der Waals surface area contributed by atoms with Gasteiger partial charge < -0.3 is 24.3 Å². The molecule has 1 saturated carbocycles. The van der Waals surface area contributed by atoms with Gasteiger partial charge in [0.1, 0.15) is 25.6 Å². The first kappa shape index (κ1) is 19.2. The van der Waals surface area contributed by atoms with Crippen molar-refractivity contribution in [2.45, 2.75) is 51.0 Å². The number of carbonyl (C=O) groups is 2. The summed E-state index contributed by atoms with van der Waals surface area (Å²) >= 11 is 0. The first-order chi connectivity index (χ1) is 12.1. The van der Waals surface area contributed by atoms with E-state index >= 15 is 0 Å². The van der Waals surface area contributed by atoms with Gasteiger partial charge in [-0.3, -0.25) is 4.79 Å². The van der Waals surface area contributed by atoms with Crippen molar-refractivity contribution in [2.24, 2.45) is 0 Å². The number of esters is 1. The van der Waals surface area contributed by atoms with Crippen molar-refractivity contribution in [1.82, 2.24) is 5.32 Å². The molecule has 1 amide bonds. The van der Waals surface area contributed by atoms with Crippen molar-refractivity contribution < 1.29 is 28.5 Å². The molecule has 0 spiro atoms. The van der Waals surface area contributed by atoms with Gasteiger partial charge in [-0.15, -0.1) is 0 Å². The number of methoxy groups -OCH3 is 1. The molecule has 0 aliphatic heterocycles. The summed E-state index contributed by atoms with van der Waals surface area (Å²) in [6.07, 6.45) is 0.803. The Bertz CT molecular complexity index is 550. The Morgan fingerprint density at radius 2 is 1.96 bits per heavy atom. The van der Waals surface area contributed by atoms with E-state index < -0.39 is 18.3 Å². The first-order valence-electron chi connectivity index (χ1n) is 8.35. The molecule has 1 aliphatic rings. The number of benzene rings is 1. The molecule has 1 N–H and O–H groups in total. The molecule has 1 aliphatic carbocycles. The molecule has 3 unspecified atom stereocenters. The molecule has 7 nitrogen and oxygen atoms in total. The van der Waals surface area contributed by atoms with Crippen molar-refractivity contribution >= 4 is 12.1 Å². The second-order valence-corrected chi connectivity index (χ2v) is 5.93. The summed E-state index contributed by atoms with van der Waals surface area (Å²) in [5, 5.41) is 2.82. The molecule has 7 heteroatoms. The monoisotopic (exact) mass is 351 g/mol. The second-order valence-electron chi connectivity index (χ2n) is 5.93. The van der Waals surface area contributed by atoms with Crippen molar-refractivity contribution in [2.75, 3.05) is 13.9 Å². The highest BCUT2D eigenvalue weighted by atomic mass is 16.7. The number of carbonyl (C=O) groups excluding carboxylic acids is 2. The third-order valence-corrected chi connectivity index (χ3v) is 3.98. The molecule has 1 aromatic rings. The maximum absolute atomic E-state index is 12.1. The lowest BCUT2D eigenvalue weighted by Gasteiger charge is -2.37. The van der Waals surface area contributed by atoms with Crippen LogP contribution in [0.25, 0.3) is 0 Å². The maximum atomic E-state index is 12.1. The van der Waals surface area contributed by atoms with Crippen LogP contribution in [0.2, 0.25) is 0 Å². The van der Waals surface area contributed by atoms with E-state index in [0.717, 1.165) is 12.0 Å². The quantitative estimate of drug-likeness (QED) is 0.600. The molecule has 1 fully saturated rings. The maximum Gasteiger partial charge on any atom is 0.407 e. The van der Waals surface area contributed by atoms with E-state index in [1.54, 1.807) is 0 Å². The Labute approximate surface area is 147 Å². The lowest BCUT2D eigenvalue weighted by Crippen LogP contribution is -2.53. The zero-order chi connectivity index (χ0) is 18.1. The average Bonchev–Trinajstić information content (AvgIpc) is 2.60. The molecule has 138 valence electrons. The number of rotatable bonds is 7. The van der Waals surface area contributed by atoms with E-state index in [0.29, 0.717) is 12.8 Å². The largest absolute Gasteiger partial charge is 0.460 e. The van der Waals surface area contributed by atoms with E-state index in [4.69, 9.17) is 18.9 Å². The van der Waals surface area contributed by atoms with E-state index in [-0.39, 0.29) is 25.4 Å². The van der Waals surface area contributed by atoms with Crippen LogP contribution >= 0.6 is 0 Å². The number of hydrogen-bond acceptors (Lipinski definition) is 6. The van der Waals surface area contributed by atoms with E-state index in [2.05, 4.69) is 5.32 Å². The summed E-state index contributed by atoms with van der Waals surface area (Å²) in [5.74, 6) is -0.372. The van der Waals surface area contributed by atoms with Crippen LogP contribution in [-0.2, 0) is 30.3 Å². The highest BCUT2D eigenvalue weighted by Crippen LogP contribution is 2.25. The molecule has 0 radical (unpaired) electrons. The summed E-state index contributed by atoms with van der Waals surface area (Å²) in [6.45, 7) is 1.61. The summed E-state index contributed by atoms with van der Waals surface area (Å²) in [5.41, 5.74) is 0.909. The normalized spacial score (nSPS) is 22.9. The zero-order valence-corrected chi connectivity index (χ0v) is 14.6. The molecule has 2 rings (SSSR count). The smallest absolute Gasteiger partial charge is 0.407 e. The van der Waals surface area contributed by atoms with E-state index in [1.807, 2.05) is 30.3 Å². The van der Waals surface area contributed by atoms with Crippen LogP contribution in [0.4, 0.5) is 4.79 Å². The molecular formula is C18H25NO6. The highest BCUT2D eigenvalue weighted by molar-refractivity contribution is 5.68. The van der Waals surface area contributed by atoms with Gasteiger partial charge in [0.2, 0.25) is 0 Å². The number of hydrogen-bond donors (Lipinski definition) is 1. The highest BCUT2D eigenvalue weighted by Gasteiger charge is 2.37. The zero-order valence-electron chi connectivity index (χ0n) is 14.6. The molecular weight excluding hydrogens is 326 g/mol. The predicted molar refractivity (Wildman–Crippen MR) is 89.7 cm³/mol. The lowest BCUT2D eigenvalue weighted by molar-refractivity contribution is -0.172. The van der Waals surface area contributed by atoms with Gasteiger partial charge in [0.05, 0.1) is 6.04 Å². The number of nitrogens with one attached hydrogen (secondary N) is 1. The molecule has 1 aromatic carbocycles. The van der Waals surface area contributed by atoms with Crippen LogP contribution in [0.5, 0.6) is 0 Å². The fourth-order valence-electron chi connectivity index (χ4n) is 2.91. The molecule has 25 heavy (non-hydrogen) atoms. The van der Waals surface area contributed by atoms with Crippen LogP contribution in [0.1, 0.15) is 31.7 Å². The SMILES string of the molecule is COCOC1C(NC(=O)OCc2ccccc2)CCCC1OC(C)=O. The van der Waals surface area contributed by atoms with Gasteiger partial charge in [0.25, 0.3) is 0 Å². The first-order valence-corrected chi connectivity index (χ1v) is 8.35. The number of alkyl carbamates (subject to hydrolysis) is 1. The minimum atomic E-state index is -0.525. The molecule has 0 saturated heterocycles. The van der Waals surface area contributed by atoms with Gasteiger partial charge in [-0.2, -0.15) is 0 Å². The van der Waals surface area contributed by atoms with Crippen molar-refractivity contribution in [3.05, 3.63) is 35.9 Å². The van der Waals surface area contributed by atoms with Gasteiger partial charge >= 0.3 is 12.1 Å². The Balaban J connectivity index is 1.91. The van der Waals surface area contributed by atoms with Crippen LogP contribution in [0.3, 0.4) is 0 Å². The van der Waals surface area contributed by atoms with Crippen LogP contribution in [-0.4, -0.2) is 44.2 Å². The number of ether oxygens (including phenoxy) is 4. The Hall–Kier alpha value is -2.12. The fraction of sp³-hybridized carbons (Fsp3) is 0.556. The second kappa shape index (κ2) is 10.0. The van der Waals surface area contributed by atoms with Crippen LogP contribution in [0.15, 0.2) is 30.3 Å². The summed E-state index contributed by atoms with van der Waals surface area (Å²) in [7, 11) is 1.51. The van der Waals surface area contributed by atoms with Crippen molar-refractivity contribution in [3.63, 3.8) is 0 Å². The molecule has 0 bridgehead atoms. The predicted octanol–water partition coefficient (Wildman–Crippen LogP) is 2.39. The minimum absolute atomic E-state index is 0.0552. The van der Waals surface area contributed by atoms with Crippen LogP contribution < -0.4 is 5.32 Å². The van der Waals surface area contributed by atoms with Gasteiger partial charge in [0.15, 0.2) is 0 Å². The summed E-state index contributed by atoms with van der Waals surface area (Å²) in [4.78, 5) is 23.4. The average molecular weight is 351 g/mol. The molecule has 0 aromatic heterocycles. The van der Waals surface area contributed by atoms with Crippen LogP contribution in [0, 0.1) is 0 Å². The van der Waals surface area contributed by atoms with Crippen molar-refractivity contribution in [3.8, 4) is 0 Å². The standard InChI is InChI=1S/C18H25NO6/c1-13(20)25-16-10-6-9-15(17(16)24-12-22-2)19-18(21)23-11-14-7-4-3-5-8-14/h3-5,7-8,15-17H,6,9-12H2,1-2H3,(H,19,21). The Morgan fingerprint density at radius 3 is 2.64 bits per heavy atom. The van der Waals surface area contributed by atoms with Gasteiger partial charge in [-0.05, 0) is 24.8 Å². The Kier molecular flexibility index (Phi) is 7.69. The van der Waals surface area contributed by atoms with E-state index in [9.17, 15) is 9.59 Å². The summed E-state index contributed by atoms with van der Waals surface area (Å²) in [6, 6.07) is 9.13. The third-order valence-electron chi connectivity index (χ3n) is 3.98. The minimum Gasteiger partial charge on any atom is -0.460 e. The van der Waals surface area contributed by atoms with Gasteiger partial charge in [-0.1, -0.05) is 30.3 Å². The third kappa shape index (κ3) is 6.36. The topological polar surface area (TPSA) is 83.1 Å². The van der Waals surface area contributed by atoms with E-state index in [1.165, 1.54) is 14.0 Å². The van der Waals surface area contributed by atoms with Crippen molar-refractivity contribution in [1.29, 1.82) is 0 Å². The Morgan fingerprint density at radius 1 is 1.20 bits per heavy atom. The van der Waals surface area contributed by atoms with Gasteiger partial charge in [-0.25, -0.2) is 4.79 Å². The van der Waals surface area contributed by atoms with Gasteiger partial charge in [0, 0.05) is 14.0 Å². The summed E-state index contributed by atoms with van der Waals surface area (Å²) < 4.78 is 21.2. The molecule has 3 atom stereocenters. The number of amides is 1. The molecule has 0 heterocycles.